The zero-order valence-corrected chi connectivity index (χ0v) is 40.7. The largest absolute Gasteiger partial charge is 0.443 e. The number of nitrogens with two attached hydrogens (primary N) is 2. The van der Waals surface area contributed by atoms with Gasteiger partial charge < -0.3 is 31.8 Å². The van der Waals surface area contributed by atoms with E-state index < -0.39 is 11.7 Å². The van der Waals surface area contributed by atoms with Crippen LogP contribution in [0.3, 0.4) is 0 Å². The minimum atomic E-state index is -0.552. The third-order valence-electron chi connectivity index (χ3n) is 9.51. The number of hydrogen-bond acceptors (Lipinski definition) is 11. The van der Waals surface area contributed by atoms with Crippen LogP contribution in [0.5, 0.6) is 0 Å². The number of nitrogens with one attached hydrogen (secondary N) is 3. The standard InChI is InChI=1S/C22H29N7O.C15H23N3O2.C12H14N4O.ClH/c1-17(14-18-8-4-2-5-9-18)21(30)24-12-13-29-16-20(27-28-29)11-7-3-6-10-19-15-25-22(23)26-19;1-5-6-7-8-9-10-12-11-18(13(16)17-12)14(19)20-15(2,3)4;1-10(9-11-5-3-2-4-6-11)12(17)14-7-8-15-16-13;/h2,4-5,8-9,14-16H,3,6-7,10-13H2,1H3,(H,24,30)(H3,23,25,26);1,11H,6-10H2,2-4H3,(H2,16,17);2-6,9H,7-8H2,1H3,(H,14,17);1H/b17-14+;;10-9+;. The number of carbonyl (C=O) groups excluding carboxylic acids is 3. The van der Waals surface area contributed by atoms with Crippen molar-refractivity contribution in [3.63, 3.8) is 0 Å². The maximum Gasteiger partial charge on any atom is 0.421 e. The first-order valence-electron chi connectivity index (χ1n) is 22.4. The topological polar surface area (TPSA) is 263 Å². The smallest absolute Gasteiger partial charge is 0.421 e. The third kappa shape index (κ3) is 23.7. The highest BCUT2D eigenvalue weighted by molar-refractivity contribution is 5.97. The number of carbonyl (C=O) groups is 3. The van der Waals surface area contributed by atoms with E-state index in [0.717, 1.165) is 92.4 Å². The molecule has 0 spiro atoms. The number of amides is 2. The number of nitrogen functional groups attached to an aromatic ring is 2. The van der Waals surface area contributed by atoms with E-state index in [4.69, 9.17) is 28.2 Å². The van der Waals surface area contributed by atoms with E-state index in [1.54, 1.807) is 24.0 Å². The van der Waals surface area contributed by atoms with Crippen LogP contribution in [0.25, 0.3) is 22.6 Å². The number of unbranched alkanes of at least 4 members (excludes halogenated alkanes) is 5. The molecule has 0 aliphatic heterocycles. The van der Waals surface area contributed by atoms with Crippen molar-refractivity contribution in [1.82, 2.24) is 45.1 Å². The summed E-state index contributed by atoms with van der Waals surface area (Å²) in [6.07, 6.45) is 23.5. The van der Waals surface area contributed by atoms with Gasteiger partial charge in [-0.15, -0.1) is 29.8 Å². The number of hydrogen-bond donors (Lipinski definition) is 5. The normalized spacial score (nSPS) is 11.0. The zero-order valence-electron chi connectivity index (χ0n) is 39.9. The maximum atomic E-state index is 12.2. The Hall–Kier alpha value is -7.35. The minimum absolute atomic E-state index is 0. The molecule has 68 heavy (non-hydrogen) atoms. The van der Waals surface area contributed by atoms with Gasteiger partial charge in [0.15, 0.2) is 5.95 Å². The van der Waals surface area contributed by atoms with Crippen LogP contribution >= 0.6 is 12.4 Å². The summed E-state index contributed by atoms with van der Waals surface area (Å²) in [5, 5.41) is 17.3. The third-order valence-corrected chi connectivity index (χ3v) is 9.51. The highest BCUT2D eigenvalue weighted by atomic mass is 35.5. The Bertz CT molecular complexity index is 2420. The summed E-state index contributed by atoms with van der Waals surface area (Å²) >= 11 is 0. The molecule has 0 aliphatic rings. The fourth-order valence-electron chi connectivity index (χ4n) is 6.15. The van der Waals surface area contributed by atoms with Crippen LogP contribution in [-0.4, -0.2) is 77.7 Å². The average Bonchev–Trinajstić information content (AvgIpc) is 4.04. The van der Waals surface area contributed by atoms with Gasteiger partial charge in [0.1, 0.15) is 5.60 Å². The van der Waals surface area contributed by atoms with Crippen molar-refractivity contribution in [1.29, 1.82) is 0 Å². The van der Waals surface area contributed by atoms with E-state index in [1.165, 1.54) is 4.57 Å². The lowest BCUT2D eigenvalue weighted by Gasteiger charge is -2.19. The maximum absolute atomic E-state index is 12.2. The van der Waals surface area contributed by atoms with Crippen molar-refractivity contribution in [2.45, 2.75) is 111 Å². The van der Waals surface area contributed by atoms with Gasteiger partial charge in [0, 0.05) is 60.2 Å². The number of halogens is 1. The Labute approximate surface area is 405 Å². The Balaban J connectivity index is 0.000000366. The first-order valence-corrected chi connectivity index (χ1v) is 22.4. The van der Waals surface area contributed by atoms with Crippen LogP contribution in [0.4, 0.5) is 16.7 Å². The molecule has 0 fully saturated rings. The minimum Gasteiger partial charge on any atom is -0.443 e. The second-order valence-corrected chi connectivity index (χ2v) is 16.5. The molecule has 3 aromatic heterocycles. The van der Waals surface area contributed by atoms with E-state index >= 15 is 0 Å². The molecule has 364 valence electrons. The second kappa shape index (κ2) is 31.5. The van der Waals surface area contributed by atoms with E-state index in [9.17, 15) is 14.4 Å². The summed E-state index contributed by atoms with van der Waals surface area (Å²) < 4.78 is 8.29. The fraction of sp³-hybridized carbons (Fsp3) is 0.408. The molecule has 2 aromatic carbocycles. The van der Waals surface area contributed by atoms with Crippen molar-refractivity contribution in [3.8, 4) is 12.3 Å². The summed E-state index contributed by atoms with van der Waals surface area (Å²) in [5.74, 6) is 3.03. The van der Waals surface area contributed by atoms with Gasteiger partial charge in [-0.2, -0.15) is 0 Å². The average molecular weight is 952 g/mol. The number of imidazole rings is 2. The molecule has 0 bridgehead atoms. The number of rotatable bonds is 21. The van der Waals surface area contributed by atoms with Gasteiger partial charge in [-0.3, -0.25) is 14.3 Å². The number of terminal acetylenes is 1. The summed E-state index contributed by atoms with van der Waals surface area (Å²) in [6, 6.07) is 19.4. The van der Waals surface area contributed by atoms with Crippen molar-refractivity contribution in [2.75, 3.05) is 31.1 Å². The molecule has 2 amide bonds. The Morgan fingerprint density at radius 1 is 0.853 bits per heavy atom. The molecule has 5 aromatic rings. The first-order chi connectivity index (χ1) is 32.2. The monoisotopic (exact) mass is 951 g/mol. The van der Waals surface area contributed by atoms with Crippen LogP contribution in [0, 0.1) is 12.3 Å². The predicted molar refractivity (Wildman–Crippen MR) is 271 cm³/mol. The second-order valence-electron chi connectivity index (χ2n) is 16.5. The molecule has 0 saturated carbocycles. The number of aromatic amines is 1. The number of anilines is 2. The van der Waals surface area contributed by atoms with Gasteiger partial charge in [-0.1, -0.05) is 83.8 Å². The predicted octanol–water partition coefficient (Wildman–Crippen LogP) is 8.68. The SMILES string of the molecule is C#CCCCCCc1cn(C(=O)OC(C)(C)C)c(N)n1.C/C(=C\c1ccccc1)C(=O)NCCN=[N+]=[N-].C/C(=C\c1ccccc1)C(=O)NCCn1cc(CCCCCc2cnc(N)[nH]2)nn1.Cl. The number of benzene rings is 2. The highest BCUT2D eigenvalue weighted by Gasteiger charge is 2.20. The number of aromatic nitrogens is 7. The van der Waals surface area contributed by atoms with E-state index in [0.29, 0.717) is 36.7 Å². The Morgan fingerprint density at radius 3 is 1.99 bits per heavy atom. The lowest BCUT2D eigenvalue weighted by Crippen LogP contribution is -2.27. The molecule has 0 unspecified atom stereocenters. The molecule has 5 rings (SSSR count). The molecular weight excluding hydrogens is 884 g/mol. The lowest BCUT2D eigenvalue weighted by molar-refractivity contribution is -0.118. The zero-order chi connectivity index (χ0) is 48.9. The number of H-pyrrole nitrogens is 1. The van der Waals surface area contributed by atoms with Crippen LogP contribution in [0.15, 0.2) is 95.5 Å². The molecular formula is C49H67ClN14O4. The van der Waals surface area contributed by atoms with Gasteiger partial charge in [0.05, 0.1) is 24.1 Å². The van der Waals surface area contributed by atoms with Gasteiger partial charge in [-0.05, 0) is 108 Å². The van der Waals surface area contributed by atoms with E-state index in [-0.39, 0.29) is 36.7 Å². The molecule has 0 aliphatic carbocycles. The fourth-order valence-corrected chi connectivity index (χ4v) is 6.15. The molecule has 18 nitrogen and oxygen atoms in total. The number of azide groups is 1. The van der Waals surface area contributed by atoms with Crippen molar-refractivity contribution in [2.24, 2.45) is 5.11 Å². The molecule has 19 heteroatoms. The van der Waals surface area contributed by atoms with Crippen LogP contribution in [-0.2, 0) is 40.1 Å². The Kier molecular flexibility index (Phi) is 26.3. The van der Waals surface area contributed by atoms with Crippen LogP contribution < -0.4 is 22.1 Å². The van der Waals surface area contributed by atoms with Crippen LogP contribution in [0.2, 0.25) is 0 Å². The van der Waals surface area contributed by atoms with E-state index in [1.807, 2.05) is 107 Å². The van der Waals surface area contributed by atoms with Crippen LogP contribution in [0.1, 0.15) is 108 Å². The Morgan fingerprint density at radius 2 is 1.43 bits per heavy atom. The van der Waals surface area contributed by atoms with Gasteiger partial charge in [0.25, 0.3) is 0 Å². The highest BCUT2D eigenvalue weighted by Crippen LogP contribution is 2.15. The van der Waals surface area contributed by atoms with Gasteiger partial charge in [0.2, 0.25) is 17.8 Å². The number of ether oxygens (including phenoxy) is 1. The molecule has 7 N–H and O–H groups in total. The molecule has 0 radical (unpaired) electrons. The summed E-state index contributed by atoms with van der Waals surface area (Å²) in [5.41, 5.74) is 25.0. The quantitative estimate of drug-likeness (QED) is 0.0117. The first kappa shape index (κ1) is 56.8. The van der Waals surface area contributed by atoms with Crippen molar-refractivity contribution >= 4 is 54.4 Å². The van der Waals surface area contributed by atoms with E-state index in [2.05, 4.69) is 51.8 Å². The lowest BCUT2D eigenvalue weighted by atomic mass is 10.1. The molecule has 0 saturated heterocycles. The van der Waals surface area contributed by atoms with Crippen molar-refractivity contribution in [3.05, 3.63) is 129 Å². The number of nitrogens with zero attached hydrogens (tertiary/aromatic N) is 9. The summed E-state index contributed by atoms with van der Waals surface area (Å²) in [6.45, 7) is 10.7. The van der Waals surface area contributed by atoms with Crippen molar-refractivity contribution < 1.29 is 19.1 Å². The molecule has 3 heterocycles. The van der Waals surface area contributed by atoms with Gasteiger partial charge in [-0.25, -0.2) is 19.3 Å². The summed E-state index contributed by atoms with van der Waals surface area (Å²) in [4.78, 5) is 49.5. The van der Waals surface area contributed by atoms with Gasteiger partial charge >= 0.3 is 6.09 Å². The summed E-state index contributed by atoms with van der Waals surface area (Å²) in [7, 11) is 0. The number of aryl methyl sites for hydroxylation is 3. The molecule has 0 atom stereocenters.